The highest BCUT2D eigenvalue weighted by atomic mass is 16.5. The molecule has 3 amide bonds. The van der Waals surface area contributed by atoms with Gasteiger partial charge in [0.25, 0.3) is 0 Å². The van der Waals surface area contributed by atoms with Crippen molar-refractivity contribution >= 4 is 17.7 Å². The van der Waals surface area contributed by atoms with Crippen LogP contribution in [0.2, 0.25) is 0 Å². The van der Waals surface area contributed by atoms with Crippen LogP contribution < -0.4 is 15.4 Å². The first-order chi connectivity index (χ1) is 13.4. The lowest BCUT2D eigenvalue weighted by Gasteiger charge is -2.20. The van der Waals surface area contributed by atoms with Crippen LogP contribution in [-0.2, 0) is 14.4 Å². The molecule has 2 N–H and O–H groups in total. The fourth-order valence-corrected chi connectivity index (χ4v) is 3.08. The van der Waals surface area contributed by atoms with Gasteiger partial charge in [-0.1, -0.05) is 17.7 Å². The summed E-state index contributed by atoms with van der Waals surface area (Å²) in [5.74, 6) is 0.331. The Balaban J connectivity index is 1.53. The maximum Gasteiger partial charge on any atom is 0.225 e. The molecule has 0 spiro atoms. The number of benzene rings is 1. The molecule has 0 radical (unpaired) electrons. The van der Waals surface area contributed by atoms with Crippen molar-refractivity contribution in [1.82, 2.24) is 15.5 Å². The summed E-state index contributed by atoms with van der Waals surface area (Å²) in [6, 6.07) is 7.91. The Morgan fingerprint density at radius 1 is 1.18 bits per heavy atom. The van der Waals surface area contributed by atoms with Crippen molar-refractivity contribution in [1.29, 1.82) is 0 Å². The topological polar surface area (TPSA) is 87.7 Å². The molecule has 1 fully saturated rings. The summed E-state index contributed by atoms with van der Waals surface area (Å²) in [5.41, 5.74) is 1.18. The lowest BCUT2D eigenvalue weighted by molar-refractivity contribution is -0.129. The van der Waals surface area contributed by atoms with Gasteiger partial charge < -0.3 is 20.3 Å². The van der Waals surface area contributed by atoms with E-state index in [0.717, 1.165) is 5.75 Å². The Bertz CT molecular complexity index is 673. The first kappa shape index (κ1) is 21.7. The zero-order valence-electron chi connectivity index (χ0n) is 17.0. The Kier molecular flexibility index (Phi) is 8.29. The number of carbonyl (C=O) groups excluding carboxylic acids is 3. The molecule has 2 rings (SSSR count). The van der Waals surface area contributed by atoms with E-state index >= 15 is 0 Å². The fraction of sp³-hybridized carbons (Fsp3) is 0.571. The number of nitrogens with zero attached hydrogens (tertiary/aromatic N) is 1. The SMILES string of the molecule is Cc1ccc(OCCCC(=O)NCCNC(=O)C2CC(=O)N(C(C)C)C2)cc1. The van der Waals surface area contributed by atoms with Gasteiger partial charge in [-0.3, -0.25) is 14.4 Å². The molecule has 28 heavy (non-hydrogen) atoms. The van der Waals surface area contributed by atoms with Gasteiger partial charge in [0.15, 0.2) is 0 Å². The van der Waals surface area contributed by atoms with E-state index in [0.29, 0.717) is 39.1 Å². The van der Waals surface area contributed by atoms with E-state index in [1.165, 1.54) is 5.56 Å². The van der Waals surface area contributed by atoms with E-state index in [1.54, 1.807) is 4.90 Å². The van der Waals surface area contributed by atoms with Gasteiger partial charge in [-0.05, 0) is 39.3 Å². The maximum absolute atomic E-state index is 12.2. The predicted octanol–water partition coefficient (Wildman–Crippen LogP) is 1.64. The van der Waals surface area contributed by atoms with Crippen LogP contribution in [0, 0.1) is 12.8 Å². The van der Waals surface area contributed by atoms with Crippen molar-refractivity contribution in [3.05, 3.63) is 29.8 Å². The molecule has 0 bridgehead atoms. The van der Waals surface area contributed by atoms with Crippen LogP contribution in [0.3, 0.4) is 0 Å². The van der Waals surface area contributed by atoms with Crippen molar-refractivity contribution in [3.63, 3.8) is 0 Å². The third kappa shape index (κ3) is 6.87. The highest BCUT2D eigenvalue weighted by molar-refractivity contribution is 5.89. The molecule has 0 aliphatic carbocycles. The molecule has 0 saturated carbocycles. The molecule has 1 atom stereocenters. The average molecular weight is 389 g/mol. The molecular weight excluding hydrogens is 358 g/mol. The average Bonchev–Trinajstić information content (AvgIpc) is 3.06. The first-order valence-corrected chi connectivity index (χ1v) is 9.90. The number of likely N-dealkylation sites (tertiary alicyclic amines) is 1. The summed E-state index contributed by atoms with van der Waals surface area (Å²) < 4.78 is 5.59. The Morgan fingerprint density at radius 2 is 1.86 bits per heavy atom. The van der Waals surface area contributed by atoms with E-state index in [2.05, 4.69) is 10.6 Å². The molecule has 1 aliphatic heterocycles. The summed E-state index contributed by atoms with van der Waals surface area (Å²) >= 11 is 0. The lowest BCUT2D eigenvalue weighted by atomic mass is 10.1. The smallest absolute Gasteiger partial charge is 0.225 e. The number of aryl methyl sites for hydroxylation is 1. The van der Waals surface area contributed by atoms with Crippen LogP contribution in [0.25, 0.3) is 0 Å². The van der Waals surface area contributed by atoms with Crippen molar-refractivity contribution in [3.8, 4) is 5.75 Å². The lowest BCUT2D eigenvalue weighted by Crippen LogP contribution is -2.39. The number of hydrogen-bond acceptors (Lipinski definition) is 4. The van der Waals surface area contributed by atoms with Gasteiger partial charge in [0, 0.05) is 38.5 Å². The second-order valence-corrected chi connectivity index (χ2v) is 7.45. The van der Waals surface area contributed by atoms with Gasteiger partial charge in [0.05, 0.1) is 12.5 Å². The number of rotatable bonds is 10. The summed E-state index contributed by atoms with van der Waals surface area (Å²) in [5, 5.41) is 5.58. The molecule has 1 heterocycles. The number of amides is 3. The normalized spacial score (nSPS) is 16.4. The third-order valence-electron chi connectivity index (χ3n) is 4.74. The van der Waals surface area contributed by atoms with E-state index in [1.807, 2.05) is 45.0 Å². The molecular formula is C21H31N3O4. The van der Waals surface area contributed by atoms with E-state index in [9.17, 15) is 14.4 Å². The van der Waals surface area contributed by atoms with Crippen molar-refractivity contribution in [2.45, 2.75) is 46.1 Å². The van der Waals surface area contributed by atoms with E-state index in [-0.39, 0.29) is 36.1 Å². The van der Waals surface area contributed by atoms with Gasteiger partial charge in [-0.25, -0.2) is 0 Å². The first-order valence-electron chi connectivity index (χ1n) is 9.90. The standard InChI is InChI=1S/C21H31N3O4/c1-15(2)24-14-17(13-20(24)26)21(27)23-11-10-22-19(25)5-4-12-28-18-8-6-16(3)7-9-18/h6-9,15,17H,4-5,10-14H2,1-3H3,(H,22,25)(H,23,27). The zero-order chi connectivity index (χ0) is 20.5. The molecule has 1 aromatic carbocycles. The minimum absolute atomic E-state index is 0.0244. The van der Waals surface area contributed by atoms with Gasteiger partial charge in [0.1, 0.15) is 5.75 Å². The van der Waals surface area contributed by atoms with Crippen LogP contribution in [-0.4, -0.2) is 54.9 Å². The molecule has 0 aromatic heterocycles. The highest BCUT2D eigenvalue weighted by Crippen LogP contribution is 2.20. The largest absolute Gasteiger partial charge is 0.494 e. The summed E-state index contributed by atoms with van der Waals surface area (Å²) in [4.78, 5) is 37.6. The molecule has 7 heteroatoms. The fourth-order valence-electron chi connectivity index (χ4n) is 3.08. The van der Waals surface area contributed by atoms with Crippen LogP contribution in [0.5, 0.6) is 5.75 Å². The highest BCUT2D eigenvalue weighted by Gasteiger charge is 2.35. The Morgan fingerprint density at radius 3 is 2.50 bits per heavy atom. The van der Waals surface area contributed by atoms with Crippen LogP contribution >= 0.6 is 0 Å². The predicted molar refractivity (Wildman–Crippen MR) is 107 cm³/mol. The number of hydrogen-bond donors (Lipinski definition) is 2. The van der Waals surface area contributed by atoms with Crippen LogP contribution in [0.1, 0.15) is 38.7 Å². The summed E-state index contributed by atoms with van der Waals surface area (Å²) in [6.07, 6.45) is 1.26. The summed E-state index contributed by atoms with van der Waals surface area (Å²) in [6.45, 7) is 7.59. The Hall–Kier alpha value is -2.57. The molecule has 1 aliphatic rings. The molecule has 1 unspecified atom stereocenters. The second-order valence-electron chi connectivity index (χ2n) is 7.45. The minimum Gasteiger partial charge on any atom is -0.494 e. The van der Waals surface area contributed by atoms with E-state index in [4.69, 9.17) is 4.74 Å². The zero-order valence-corrected chi connectivity index (χ0v) is 17.0. The van der Waals surface area contributed by atoms with E-state index < -0.39 is 0 Å². The monoisotopic (exact) mass is 389 g/mol. The molecule has 154 valence electrons. The van der Waals surface area contributed by atoms with Crippen LogP contribution in [0.15, 0.2) is 24.3 Å². The van der Waals surface area contributed by atoms with Crippen molar-refractivity contribution < 1.29 is 19.1 Å². The molecule has 1 saturated heterocycles. The third-order valence-corrected chi connectivity index (χ3v) is 4.74. The van der Waals surface area contributed by atoms with Crippen LogP contribution in [0.4, 0.5) is 0 Å². The summed E-state index contributed by atoms with van der Waals surface area (Å²) in [7, 11) is 0. The Labute approximate surface area is 166 Å². The maximum atomic E-state index is 12.2. The van der Waals surface area contributed by atoms with Crippen molar-refractivity contribution in [2.75, 3.05) is 26.2 Å². The van der Waals surface area contributed by atoms with Gasteiger partial charge >= 0.3 is 0 Å². The molecule has 1 aromatic rings. The van der Waals surface area contributed by atoms with Gasteiger partial charge in [-0.2, -0.15) is 0 Å². The van der Waals surface area contributed by atoms with Crippen molar-refractivity contribution in [2.24, 2.45) is 5.92 Å². The molecule has 7 nitrogen and oxygen atoms in total. The quantitative estimate of drug-likeness (QED) is 0.596. The number of carbonyl (C=O) groups is 3. The minimum atomic E-state index is -0.301. The number of ether oxygens (including phenoxy) is 1. The van der Waals surface area contributed by atoms with Gasteiger partial charge in [0.2, 0.25) is 17.7 Å². The van der Waals surface area contributed by atoms with Gasteiger partial charge in [-0.15, -0.1) is 0 Å². The number of nitrogens with one attached hydrogen (secondary N) is 2. The second kappa shape index (κ2) is 10.7.